The summed E-state index contributed by atoms with van der Waals surface area (Å²) in [5.74, 6) is 0.165. The normalized spacial score (nSPS) is 11.0. The SMILES string of the molecule is Cc1cc(C)c2oc(-c3ccc(Cl)c(NC(=S)NC(=O)C(C)C)c3)nc2c1. The van der Waals surface area contributed by atoms with E-state index in [9.17, 15) is 4.79 Å². The highest BCUT2D eigenvalue weighted by Crippen LogP contribution is 2.31. The van der Waals surface area contributed by atoms with Crippen molar-refractivity contribution in [3.05, 3.63) is 46.5 Å². The number of halogens is 1. The largest absolute Gasteiger partial charge is 0.436 e. The third-order valence-corrected chi connectivity index (χ3v) is 4.58. The smallest absolute Gasteiger partial charge is 0.228 e. The lowest BCUT2D eigenvalue weighted by Gasteiger charge is -2.12. The van der Waals surface area contributed by atoms with Gasteiger partial charge in [-0.15, -0.1) is 0 Å². The highest BCUT2D eigenvalue weighted by atomic mass is 35.5. The number of hydrogen-bond acceptors (Lipinski definition) is 4. The van der Waals surface area contributed by atoms with E-state index in [1.807, 2.05) is 26.0 Å². The molecule has 0 radical (unpaired) electrons. The number of thiocarbonyl (C=S) groups is 1. The van der Waals surface area contributed by atoms with Crippen molar-refractivity contribution in [1.29, 1.82) is 0 Å². The summed E-state index contributed by atoms with van der Waals surface area (Å²) < 4.78 is 5.95. The molecule has 1 heterocycles. The van der Waals surface area contributed by atoms with E-state index in [0.717, 1.165) is 27.8 Å². The molecule has 140 valence electrons. The van der Waals surface area contributed by atoms with Gasteiger partial charge in [0.2, 0.25) is 11.8 Å². The van der Waals surface area contributed by atoms with Gasteiger partial charge in [-0.2, -0.15) is 0 Å². The standard InChI is InChI=1S/C20H20ClN3O2S/c1-10(2)18(25)24-20(27)23-15-9-13(5-6-14(15)21)19-22-16-8-11(3)7-12(4)17(16)26-19/h5-10H,1-4H3,(H2,23,24,25,27). The second kappa shape index (κ2) is 7.66. The number of hydrogen-bond donors (Lipinski definition) is 2. The van der Waals surface area contributed by atoms with Crippen LogP contribution in [-0.2, 0) is 4.79 Å². The zero-order valence-corrected chi connectivity index (χ0v) is 17.1. The van der Waals surface area contributed by atoms with E-state index >= 15 is 0 Å². The average Bonchev–Trinajstić information content (AvgIpc) is 3.01. The molecule has 0 aliphatic heterocycles. The van der Waals surface area contributed by atoms with Crippen molar-refractivity contribution in [1.82, 2.24) is 10.3 Å². The Bertz CT molecular complexity index is 1040. The van der Waals surface area contributed by atoms with Crippen molar-refractivity contribution < 1.29 is 9.21 Å². The molecule has 0 aliphatic rings. The van der Waals surface area contributed by atoms with E-state index < -0.39 is 0 Å². The van der Waals surface area contributed by atoms with Gasteiger partial charge in [-0.25, -0.2) is 4.98 Å². The lowest BCUT2D eigenvalue weighted by Crippen LogP contribution is -2.36. The summed E-state index contributed by atoms with van der Waals surface area (Å²) in [4.78, 5) is 16.4. The predicted octanol–water partition coefficient (Wildman–Crippen LogP) is 5.23. The van der Waals surface area contributed by atoms with Crippen molar-refractivity contribution in [3.63, 3.8) is 0 Å². The average molecular weight is 402 g/mol. The lowest BCUT2D eigenvalue weighted by molar-refractivity contribution is -0.122. The Morgan fingerprint density at radius 1 is 1.22 bits per heavy atom. The van der Waals surface area contributed by atoms with Gasteiger partial charge in [-0.1, -0.05) is 31.5 Å². The second-order valence-electron chi connectivity index (χ2n) is 6.74. The molecule has 0 saturated heterocycles. The van der Waals surface area contributed by atoms with Crippen LogP contribution in [0.4, 0.5) is 5.69 Å². The fourth-order valence-electron chi connectivity index (χ4n) is 2.66. The molecule has 27 heavy (non-hydrogen) atoms. The van der Waals surface area contributed by atoms with Crippen LogP contribution in [0, 0.1) is 19.8 Å². The first kappa shape index (κ1) is 19.3. The molecule has 0 aliphatic carbocycles. The van der Waals surface area contributed by atoms with Crippen molar-refractivity contribution in [2.45, 2.75) is 27.7 Å². The van der Waals surface area contributed by atoms with Gasteiger partial charge in [-0.05, 0) is 61.5 Å². The minimum atomic E-state index is -0.169. The number of fused-ring (bicyclic) bond motifs is 1. The van der Waals surface area contributed by atoms with Crippen molar-refractivity contribution in [3.8, 4) is 11.5 Å². The third-order valence-electron chi connectivity index (χ3n) is 4.04. The maximum absolute atomic E-state index is 11.8. The second-order valence-corrected chi connectivity index (χ2v) is 7.56. The maximum Gasteiger partial charge on any atom is 0.228 e. The summed E-state index contributed by atoms with van der Waals surface area (Å²) in [7, 11) is 0. The number of aromatic nitrogens is 1. The van der Waals surface area contributed by atoms with Gasteiger partial charge in [0.15, 0.2) is 10.7 Å². The van der Waals surface area contributed by atoms with Crippen LogP contribution in [0.1, 0.15) is 25.0 Å². The highest BCUT2D eigenvalue weighted by molar-refractivity contribution is 7.80. The first-order valence-electron chi connectivity index (χ1n) is 8.54. The summed E-state index contributed by atoms with van der Waals surface area (Å²) in [5, 5.41) is 6.26. The fraction of sp³-hybridized carbons (Fsp3) is 0.250. The molecule has 0 spiro atoms. The third kappa shape index (κ3) is 4.28. The Hall–Kier alpha value is -2.44. The number of rotatable bonds is 3. The summed E-state index contributed by atoms with van der Waals surface area (Å²) in [6.07, 6.45) is 0. The Labute approximate surface area is 168 Å². The van der Waals surface area contributed by atoms with Crippen molar-refractivity contribution in [2.24, 2.45) is 5.92 Å². The first-order chi connectivity index (χ1) is 12.7. The van der Waals surface area contributed by atoms with Crippen LogP contribution in [-0.4, -0.2) is 16.0 Å². The molecule has 0 saturated carbocycles. The number of aryl methyl sites for hydroxylation is 2. The number of benzene rings is 2. The number of anilines is 1. The van der Waals surface area contributed by atoms with Crippen LogP contribution in [0.3, 0.4) is 0 Å². The molecule has 3 aromatic rings. The molecule has 7 heteroatoms. The number of carbonyl (C=O) groups excluding carboxylic acids is 1. The van der Waals surface area contributed by atoms with E-state index in [-0.39, 0.29) is 16.9 Å². The molecular formula is C20H20ClN3O2S. The molecular weight excluding hydrogens is 382 g/mol. The van der Waals surface area contributed by atoms with Crippen LogP contribution < -0.4 is 10.6 Å². The molecule has 0 fully saturated rings. The minimum Gasteiger partial charge on any atom is -0.436 e. The van der Waals surface area contributed by atoms with E-state index in [0.29, 0.717) is 16.6 Å². The fourth-order valence-corrected chi connectivity index (χ4v) is 3.04. The van der Waals surface area contributed by atoms with Crippen LogP contribution >= 0.6 is 23.8 Å². The molecule has 1 amide bonds. The van der Waals surface area contributed by atoms with E-state index in [1.165, 1.54) is 0 Å². The minimum absolute atomic E-state index is 0.162. The summed E-state index contributed by atoms with van der Waals surface area (Å²) in [5.41, 5.74) is 5.07. The highest BCUT2D eigenvalue weighted by Gasteiger charge is 2.14. The molecule has 5 nitrogen and oxygen atoms in total. The molecule has 0 atom stereocenters. The molecule has 2 aromatic carbocycles. The number of oxazole rings is 1. The number of nitrogens with zero attached hydrogens (tertiary/aromatic N) is 1. The van der Waals surface area contributed by atoms with Crippen LogP contribution in [0.25, 0.3) is 22.6 Å². The first-order valence-corrected chi connectivity index (χ1v) is 9.33. The summed E-state index contributed by atoms with van der Waals surface area (Å²) >= 11 is 11.5. The van der Waals surface area contributed by atoms with Gasteiger partial charge in [0.1, 0.15) is 5.52 Å². The van der Waals surface area contributed by atoms with Gasteiger partial charge in [0, 0.05) is 11.5 Å². The van der Waals surface area contributed by atoms with Gasteiger partial charge >= 0.3 is 0 Å². The molecule has 1 aromatic heterocycles. The molecule has 3 rings (SSSR count). The Morgan fingerprint density at radius 2 is 1.96 bits per heavy atom. The maximum atomic E-state index is 11.8. The van der Waals surface area contributed by atoms with Crippen LogP contribution in [0.5, 0.6) is 0 Å². The van der Waals surface area contributed by atoms with Crippen LogP contribution in [0.15, 0.2) is 34.7 Å². The Morgan fingerprint density at radius 3 is 2.67 bits per heavy atom. The quantitative estimate of drug-likeness (QED) is 0.588. The van der Waals surface area contributed by atoms with Gasteiger partial charge in [-0.3, -0.25) is 4.79 Å². The zero-order chi connectivity index (χ0) is 19.7. The van der Waals surface area contributed by atoms with Crippen molar-refractivity contribution >= 4 is 51.6 Å². The zero-order valence-electron chi connectivity index (χ0n) is 15.5. The molecule has 0 unspecified atom stereocenters. The van der Waals surface area contributed by atoms with Crippen molar-refractivity contribution in [2.75, 3.05) is 5.32 Å². The van der Waals surface area contributed by atoms with Crippen LogP contribution in [0.2, 0.25) is 5.02 Å². The summed E-state index contributed by atoms with van der Waals surface area (Å²) in [6.45, 7) is 7.61. The predicted molar refractivity (Wildman–Crippen MR) is 113 cm³/mol. The van der Waals surface area contributed by atoms with Gasteiger partial charge in [0.05, 0.1) is 10.7 Å². The van der Waals surface area contributed by atoms with E-state index in [1.54, 1.807) is 26.0 Å². The Balaban J connectivity index is 1.90. The molecule has 2 N–H and O–H groups in total. The topological polar surface area (TPSA) is 67.2 Å². The van der Waals surface area contributed by atoms with E-state index in [2.05, 4.69) is 21.7 Å². The summed E-state index contributed by atoms with van der Waals surface area (Å²) in [6, 6.07) is 9.40. The van der Waals surface area contributed by atoms with Gasteiger partial charge in [0.25, 0.3) is 0 Å². The number of nitrogens with one attached hydrogen (secondary N) is 2. The van der Waals surface area contributed by atoms with E-state index in [4.69, 9.17) is 28.2 Å². The molecule has 0 bridgehead atoms. The van der Waals surface area contributed by atoms with Gasteiger partial charge < -0.3 is 15.1 Å². The Kier molecular flexibility index (Phi) is 5.48. The monoisotopic (exact) mass is 401 g/mol. The number of carbonyl (C=O) groups is 1. The number of amides is 1. The lowest BCUT2D eigenvalue weighted by atomic mass is 10.1.